The standard InChI is InChI=1S/C12H26N4.Mn/c1-2-4-10-16-11-8-12(6-3-1)7-5-9-13-14-15-16;/h12-15H,1-11H2;. The van der Waals surface area contributed by atoms with Gasteiger partial charge in [0.1, 0.15) is 0 Å². The summed E-state index contributed by atoms with van der Waals surface area (Å²) >= 11 is 0. The van der Waals surface area contributed by atoms with E-state index in [1.807, 2.05) is 0 Å². The molecule has 17 heavy (non-hydrogen) atoms. The van der Waals surface area contributed by atoms with Gasteiger partial charge in [-0.15, -0.1) is 0 Å². The van der Waals surface area contributed by atoms with E-state index < -0.39 is 0 Å². The molecule has 0 spiro atoms. The number of hydrogen-bond acceptors (Lipinski definition) is 4. The molecule has 1 radical (unpaired) electrons. The van der Waals surface area contributed by atoms with Crippen molar-refractivity contribution in [2.75, 3.05) is 19.6 Å². The first-order valence-electron chi connectivity index (χ1n) is 6.93. The van der Waals surface area contributed by atoms with Crippen molar-refractivity contribution >= 4 is 0 Å². The van der Waals surface area contributed by atoms with E-state index in [0.717, 1.165) is 12.5 Å². The molecule has 2 bridgehead atoms. The van der Waals surface area contributed by atoms with Crippen LogP contribution in [-0.4, -0.2) is 24.6 Å². The topological polar surface area (TPSA) is 39.3 Å². The minimum absolute atomic E-state index is 0. The maximum absolute atomic E-state index is 3.27. The molecule has 2 aliphatic heterocycles. The van der Waals surface area contributed by atoms with Crippen LogP contribution >= 0.6 is 0 Å². The van der Waals surface area contributed by atoms with Crippen LogP contribution in [0.3, 0.4) is 0 Å². The first-order valence-corrected chi connectivity index (χ1v) is 6.93. The molecular weight excluding hydrogens is 255 g/mol. The van der Waals surface area contributed by atoms with Crippen LogP contribution in [0.4, 0.5) is 0 Å². The normalized spacial score (nSPS) is 32.5. The molecular formula is C12H26MnN4. The minimum Gasteiger partial charge on any atom is -0.243 e. The molecule has 101 valence electrons. The maximum Gasteiger partial charge on any atom is 0.0147 e. The Morgan fingerprint density at radius 2 is 1.65 bits per heavy atom. The summed E-state index contributed by atoms with van der Waals surface area (Å²) in [5.41, 5.74) is 9.58. The largest absolute Gasteiger partial charge is 0.243 e. The van der Waals surface area contributed by atoms with E-state index in [1.54, 1.807) is 0 Å². The molecule has 2 atom stereocenters. The molecule has 5 heteroatoms. The van der Waals surface area contributed by atoms with Gasteiger partial charge in [0, 0.05) is 36.7 Å². The summed E-state index contributed by atoms with van der Waals surface area (Å²) in [4.78, 5) is 0. The number of hydrogen-bond donors (Lipinski definition) is 3. The molecule has 2 heterocycles. The van der Waals surface area contributed by atoms with E-state index in [-0.39, 0.29) is 17.1 Å². The second kappa shape index (κ2) is 9.31. The molecule has 0 aliphatic carbocycles. The second-order valence-corrected chi connectivity index (χ2v) is 5.15. The first-order chi connectivity index (χ1) is 7.95. The van der Waals surface area contributed by atoms with Crippen molar-refractivity contribution in [2.45, 2.75) is 51.4 Å². The SMILES string of the molecule is C1CCCN2CCC(CC1)CCCNNN2.[Mn]. The Hall–Kier alpha value is 0.359. The van der Waals surface area contributed by atoms with E-state index >= 15 is 0 Å². The molecule has 2 rings (SSSR count). The smallest absolute Gasteiger partial charge is 0.0147 e. The van der Waals surface area contributed by atoms with Crippen molar-refractivity contribution in [3.05, 3.63) is 0 Å². The minimum atomic E-state index is 0. The van der Waals surface area contributed by atoms with Crippen LogP contribution in [0.25, 0.3) is 0 Å². The molecule has 0 aromatic carbocycles. The van der Waals surface area contributed by atoms with Crippen LogP contribution in [0, 0.1) is 5.92 Å². The number of nitrogens with zero attached hydrogens (tertiary/aromatic N) is 1. The van der Waals surface area contributed by atoms with Gasteiger partial charge >= 0.3 is 0 Å². The fourth-order valence-corrected chi connectivity index (χ4v) is 2.74. The fraction of sp³-hybridized carbons (Fsp3) is 1.00. The zero-order chi connectivity index (χ0) is 11.1. The van der Waals surface area contributed by atoms with Gasteiger partial charge in [-0.2, -0.15) is 11.1 Å². The van der Waals surface area contributed by atoms with Crippen molar-refractivity contribution in [3.63, 3.8) is 0 Å². The zero-order valence-electron chi connectivity index (χ0n) is 10.7. The van der Waals surface area contributed by atoms with Gasteiger partial charge in [-0.3, -0.25) is 0 Å². The summed E-state index contributed by atoms with van der Waals surface area (Å²) in [6.45, 7) is 3.41. The van der Waals surface area contributed by atoms with Crippen LogP contribution in [0.1, 0.15) is 51.4 Å². The number of hydrazine groups is 3. The molecule has 0 amide bonds. The average Bonchev–Trinajstić information content (AvgIpc) is 2.33. The zero-order valence-corrected chi connectivity index (χ0v) is 11.9. The van der Waals surface area contributed by atoms with Gasteiger partial charge in [-0.05, 0) is 31.6 Å². The van der Waals surface area contributed by atoms with Crippen molar-refractivity contribution in [1.29, 1.82) is 0 Å². The van der Waals surface area contributed by atoms with Crippen molar-refractivity contribution in [1.82, 2.24) is 21.5 Å². The second-order valence-electron chi connectivity index (χ2n) is 5.15. The van der Waals surface area contributed by atoms with Gasteiger partial charge < -0.3 is 0 Å². The number of nitrogens with one attached hydrogen (secondary N) is 3. The summed E-state index contributed by atoms with van der Waals surface area (Å²) in [5, 5.41) is 2.33. The molecule has 4 nitrogen and oxygen atoms in total. The Labute approximate surface area is 116 Å². The Morgan fingerprint density at radius 3 is 2.59 bits per heavy atom. The van der Waals surface area contributed by atoms with Gasteiger partial charge in [0.05, 0.1) is 0 Å². The van der Waals surface area contributed by atoms with E-state index in [1.165, 1.54) is 64.5 Å². The van der Waals surface area contributed by atoms with Crippen LogP contribution in [-0.2, 0) is 17.1 Å². The number of rotatable bonds is 0. The molecule has 2 fully saturated rings. The summed E-state index contributed by atoms with van der Waals surface area (Å²) in [6.07, 6.45) is 11.1. The van der Waals surface area contributed by atoms with Gasteiger partial charge in [0.2, 0.25) is 0 Å². The Kier molecular flexibility index (Phi) is 8.44. The third-order valence-corrected chi connectivity index (χ3v) is 3.81. The van der Waals surface area contributed by atoms with Gasteiger partial charge in [-0.25, -0.2) is 10.4 Å². The predicted molar refractivity (Wildman–Crippen MR) is 66.3 cm³/mol. The van der Waals surface area contributed by atoms with Crippen LogP contribution < -0.4 is 16.5 Å². The average molecular weight is 281 g/mol. The monoisotopic (exact) mass is 281 g/mol. The van der Waals surface area contributed by atoms with E-state index in [2.05, 4.69) is 21.5 Å². The van der Waals surface area contributed by atoms with Crippen LogP contribution in [0.2, 0.25) is 0 Å². The first kappa shape index (κ1) is 15.4. The molecule has 2 saturated heterocycles. The molecule has 0 aromatic heterocycles. The molecule has 0 saturated carbocycles. The van der Waals surface area contributed by atoms with Crippen LogP contribution in [0.5, 0.6) is 0 Å². The third kappa shape index (κ3) is 6.18. The van der Waals surface area contributed by atoms with Crippen molar-refractivity contribution in [3.8, 4) is 0 Å². The Balaban J connectivity index is 0.00000144. The maximum atomic E-state index is 3.27. The van der Waals surface area contributed by atoms with Crippen molar-refractivity contribution in [2.24, 2.45) is 5.92 Å². The van der Waals surface area contributed by atoms with E-state index in [9.17, 15) is 0 Å². The summed E-state index contributed by atoms with van der Waals surface area (Å²) in [6, 6.07) is 0. The van der Waals surface area contributed by atoms with E-state index in [4.69, 9.17) is 0 Å². The van der Waals surface area contributed by atoms with Crippen molar-refractivity contribution < 1.29 is 17.1 Å². The summed E-state index contributed by atoms with van der Waals surface area (Å²) < 4.78 is 0. The van der Waals surface area contributed by atoms with Gasteiger partial charge in [0.15, 0.2) is 0 Å². The van der Waals surface area contributed by atoms with Gasteiger partial charge in [-0.1, -0.05) is 25.7 Å². The quantitative estimate of drug-likeness (QED) is 0.589. The molecule has 2 aliphatic rings. The number of fused-ring (bicyclic) bond motifs is 3. The Bertz CT molecular complexity index is 155. The predicted octanol–water partition coefficient (Wildman–Crippen LogP) is 1.56. The molecule has 0 aromatic rings. The Morgan fingerprint density at radius 1 is 0.824 bits per heavy atom. The van der Waals surface area contributed by atoms with Gasteiger partial charge in [0.25, 0.3) is 0 Å². The van der Waals surface area contributed by atoms with E-state index in [0.29, 0.717) is 0 Å². The summed E-state index contributed by atoms with van der Waals surface area (Å²) in [5.74, 6) is 0.947. The third-order valence-electron chi connectivity index (χ3n) is 3.81. The van der Waals surface area contributed by atoms with Crippen LogP contribution in [0.15, 0.2) is 0 Å². The summed E-state index contributed by atoms with van der Waals surface area (Å²) in [7, 11) is 0. The fourth-order valence-electron chi connectivity index (χ4n) is 2.74. The molecule has 3 N–H and O–H groups in total. The molecule has 2 unspecified atom stereocenters.